The standard InChI is InChI=1S/C18H23ClN4OS/c1-22-17(13-6-7-13)20-21-18(22)25-12-15-11-23(8-9-24-15)10-14-4-2-3-5-16(14)19/h2-5,13,15H,6-12H2,1H3/p+1/t15-/m1/s1. The van der Waals surface area contributed by atoms with Gasteiger partial charge >= 0.3 is 0 Å². The first-order chi connectivity index (χ1) is 12.2. The molecule has 1 N–H and O–H groups in total. The number of benzene rings is 1. The molecule has 7 heteroatoms. The zero-order valence-corrected chi connectivity index (χ0v) is 16.0. The third-order valence-electron chi connectivity index (χ3n) is 4.93. The molecule has 2 fully saturated rings. The van der Waals surface area contributed by atoms with Gasteiger partial charge in [0.2, 0.25) is 0 Å². The Morgan fingerprint density at radius 1 is 1.32 bits per heavy atom. The fraction of sp³-hybridized carbons (Fsp3) is 0.556. The summed E-state index contributed by atoms with van der Waals surface area (Å²) in [5.74, 6) is 2.69. The molecule has 0 radical (unpaired) electrons. The van der Waals surface area contributed by atoms with Gasteiger partial charge in [-0.15, -0.1) is 10.2 Å². The van der Waals surface area contributed by atoms with Crippen LogP contribution < -0.4 is 4.90 Å². The first-order valence-electron chi connectivity index (χ1n) is 8.91. The fourth-order valence-corrected chi connectivity index (χ4v) is 4.49. The van der Waals surface area contributed by atoms with Crippen molar-refractivity contribution >= 4 is 23.4 Å². The molecule has 1 aliphatic carbocycles. The normalized spacial score (nSPS) is 23.8. The number of quaternary nitrogens is 1. The molecule has 1 aliphatic heterocycles. The van der Waals surface area contributed by atoms with Crippen LogP contribution in [0.4, 0.5) is 0 Å². The van der Waals surface area contributed by atoms with Crippen LogP contribution in [0.15, 0.2) is 29.4 Å². The Balaban J connectivity index is 1.31. The fourth-order valence-electron chi connectivity index (χ4n) is 3.35. The number of nitrogens with zero attached hydrogens (tertiary/aromatic N) is 3. The lowest BCUT2D eigenvalue weighted by atomic mass is 10.2. The molecule has 0 bridgehead atoms. The highest BCUT2D eigenvalue weighted by molar-refractivity contribution is 7.99. The Kier molecular flexibility index (Phi) is 5.31. The SMILES string of the molecule is Cn1c(SC[C@H]2C[NH+](Cc3ccccc3Cl)CCO2)nnc1C1CC1. The Hall–Kier alpha value is -1.08. The third-order valence-corrected chi connectivity index (χ3v) is 6.45. The van der Waals surface area contributed by atoms with Crippen LogP contribution in [-0.4, -0.2) is 46.3 Å². The van der Waals surface area contributed by atoms with E-state index < -0.39 is 0 Å². The first-order valence-corrected chi connectivity index (χ1v) is 10.3. The monoisotopic (exact) mass is 379 g/mol. The van der Waals surface area contributed by atoms with Crippen molar-refractivity contribution in [3.63, 3.8) is 0 Å². The predicted octanol–water partition coefficient (Wildman–Crippen LogP) is 1.92. The average Bonchev–Trinajstić information content (AvgIpc) is 3.39. The topological polar surface area (TPSA) is 44.4 Å². The molecule has 2 atom stereocenters. The van der Waals surface area contributed by atoms with Gasteiger partial charge in [0, 0.05) is 29.3 Å². The Morgan fingerprint density at radius 2 is 2.16 bits per heavy atom. The second-order valence-electron chi connectivity index (χ2n) is 6.95. The van der Waals surface area contributed by atoms with Crippen molar-refractivity contribution < 1.29 is 9.64 Å². The van der Waals surface area contributed by atoms with E-state index in [0.29, 0.717) is 5.92 Å². The minimum Gasteiger partial charge on any atom is -0.366 e. The zero-order chi connectivity index (χ0) is 17.2. The molecule has 5 nitrogen and oxygen atoms in total. The summed E-state index contributed by atoms with van der Waals surface area (Å²) in [4.78, 5) is 1.53. The van der Waals surface area contributed by atoms with Crippen molar-refractivity contribution in [3.8, 4) is 0 Å². The molecule has 2 aromatic rings. The largest absolute Gasteiger partial charge is 0.366 e. The molecule has 0 spiro atoms. The lowest BCUT2D eigenvalue weighted by Crippen LogP contribution is -3.13. The van der Waals surface area contributed by atoms with Crippen LogP contribution in [0, 0.1) is 0 Å². The smallest absolute Gasteiger partial charge is 0.191 e. The van der Waals surface area contributed by atoms with Crippen LogP contribution in [0.2, 0.25) is 5.02 Å². The van der Waals surface area contributed by atoms with E-state index in [1.54, 1.807) is 11.8 Å². The number of nitrogens with one attached hydrogen (secondary N) is 1. The molecular formula is C18H24ClN4OS+. The van der Waals surface area contributed by atoms with E-state index in [9.17, 15) is 0 Å². The summed E-state index contributed by atoms with van der Waals surface area (Å²) in [6, 6.07) is 8.12. The number of hydrogen-bond donors (Lipinski definition) is 1. The number of aromatic nitrogens is 3. The van der Waals surface area contributed by atoms with Crippen molar-refractivity contribution in [2.45, 2.75) is 36.6 Å². The van der Waals surface area contributed by atoms with E-state index in [1.165, 1.54) is 23.3 Å². The first kappa shape index (κ1) is 17.3. The number of thioether (sulfide) groups is 1. The van der Waals surface area contributed by atoms with Crippen molar-refractivity contribution in [2.75, 3.05) is 25.4 Å². The van der Waals surface area contributed by atoms with Gasteiger partial charge in [0.15, 0.2) is 5.16 Å². The molecule has 134 valence electrons. The summed E-state index contributed by atoms with van der Waals surface area (Å²) in [5.41, 5.74) is 1.22. The minimum atomic E-state index is 0.248. The summed E-state index contributed by atoms with van der Waals surface area (Å²) in [7, 11) is 2.08. The zero-order valence-electron chi connectivity index (χ0n) is 14.4. The van der Waals surface area contributed by atoms with Gasteiger partial charge in [0.05, 0.1) is 6.61 Å². The Labute approximate surface area is 157 Å². The number of morpholine rings is 1. The number of ether oxygens (including phenoxy) is 1. The summed E-state index contributed by atoms with van der Waals surface area (Å²) in [5, 5.41) is 10.6. The van der Waals surface area contributed by atoms with Crippen LogP contribution >= 0.6 is 23.4 Å². The van der Waals surface area contributed by atoms with Crippen LogP contribution in [-0.2, 0) is 18.3 Å². The van der Waals surface area contributed by atoms with Crippen LogP contribution in [0.5, 0.6) is 0 Å². The average molecular weight is 380 g/mol. The van der Waals surface area contributed by atoms with Gasteiger partial charge in [0.25, 0.3) is 0 Å². The molecule has 25 heavy (non-hydrogen) atoms. The van der Waals surface area contributed by atoms with E-state index in [-0.39, 0.29) is 6.10 Å². The highest BCUT2D eigenvalue weighted by Crippen LogP contribution is 2.39. The molecule has 1 saturated heterocycles. The van der Waals surface area contributed by atoms with Crippen molar-refractivity contribution in [3.05, 3.63) is 40.7 Å². The predicted molar refractivity (Wildman–Crippen MR) is 99.3 cm³/mol. The van der Waals surface area contributed by atoms with E-state index in [4.69, 9.17) is 16.3 Å². The maximum Gasteiger partial charge on any atom is 0.191 e. The summed E-state index contributed by atoms with van der Waals surface area (Å²) in [6.07, 6.45) is 2.75. The van der Waals surface area contributed by atoms with Crippen LogP contribution in [0.3, 0.4) is 0 Å². The summed E-state index contributed by atoms with van der Waals surface area (Å²) < 4.78 is 8.12. The summed E-state index contributed by atoms with van der Waals surface area (Å²) in [6.45, 7) is 3.80. The molecule has 2 aliphatic rings. The Morgan fingerprint density at radius 3 is 2.96 bits per heavy atom. The van der Waals surface area contributed by atoms with Gasteiger partial charge in [0.1, 0.15) is 31.6 Å². The van der Waals surface area contributed by atoms with Crippen LogP contribution in [0.1, 0.15) is 30.1 Å². The van der Waals surface area contributed by atoms with Gasteiger partial charge in [-0.1, -0.05) is 41.6 Å². The molecule has 1 aromatic heterocycles. The van der Waals surface area contributed by atoms with Gasteiger partial charge in [-0.3, -0.25) is 0 Å². The summed E-state index contributed by atoms with van der Waals surface area (Å²) >= 11 is 8.06. The maximum atomic E-state index is 6.30. The quantitative estimate of drug-likeness (QED) is 0.779. The number of hydrogen-bond acceptors (Lipinski definition) is 4. The number of halogens is 1. The second-order valence-corrected chi connectivity index (χ2v) is 8.34. The van der Waals surface area contributed by atoms with E-state index >= 15 is 0 Å². The maximum absolute atomic E-state index is 6.30. The Bertz CT molecular complexity index is 734. The van der Waals surface area contributed by atoms with E-state index in [2.05, 4.69) is 33.9 Å². The molecular weight excluding hydrogens is 356 g/mol. The highest BCUT2D eigenvalue weighted by atomic mass is 35.5. The molecule has 2 heterocycles. The van der Waals surface area contributed by atoms with E-state index in [1.807, 2.05) is 12.1 Å². The molecule has 1 unspecified atom stereocenters. The number of rotatable bonds is 6. The highest BCUT2D eigenvalue weighted by Gasteiger charge is 2.30. The van der Waals surface area contributed by atoms with Gasteiger partial charge in [-0.05, 0) is 18.9 Å². The lowest BCUT2D eigenvalue weighted by Gasteiger charge is -2.30. The van der Waals surface area contributed by atoms with Gasteiger partial charge in [-0.2, -0.15) is 0 Å². The third kappa shape index (κ3) is 4.19. The van der Waals surface area contributed by atoms with E-state index in [0.717, 1.165) is 48.0 Å². The van der Waals surface area contributed by atoms with Gasteiger partial charge in [-0.25, -0.2) is 0 Å². The van der Waals surface area contributed by atoms with Crippen molar-refractivity contribution in [1.29, 1.82) is 0 Å². The minimum absolute atomic E-state index is 0.248. The lowest BCUT2D eigenvalue weighted by molar-refractivity contribution is -0.924. The molecule has 4 rings (SSSR count). The van der Waals surface area contributed by atoms with Gasteiger partial charge < -0.3 is 14.2 Å². The van der Waals surface area contributed by atoms with Crippen LogP contribution in [0.25, 0.3) is 0 Å². The molecule has 1 aromatic carbocycles. The van der Waals surface area contributed by atoms with Crippen molar-refractivity contribution in [1.82, 2.24) is 14.8 Å². The molecule has 0 amide bonds. The van der Waals surface area contributed by atoms with Crippen molar-refractivity contribution in [2.24, 2.45) is 7.05 Å². The molecule has 1 saturated carbocycles. The second kappa shape index (κ2) is 7.66.